The molecule has 120 heavy (non-hydrogen) atoms. The Hall–Kier alpha value is -9.90. The van der Waals surface area contributed by atoms with Crippen molar-refractivity contribution in [3.05, 3.63) is 192 Å². The molecule has 23 nitrogen and oxygen atoms in total. The van der Waals surface area contributed by atoms with Crippen molar-refractivity contribution in [2.24, 2.45) is 23.7 Å². The number of carboxylic acids is 1. The number of ketones is 4. The molecule has 642 valence electrons. The number of aromatic nitrogens is 4. The van der Waals surface area contributed by atoms with Crippen LogP contribution in [0.3, 0.4) is 0 Å². The van der Waals surface area contributed by atoms with Crippen LogP contribution in [0.25, 0.3) is 22.5 Å². The number of ether oxygens (including phenoxy) is 3. The molecule has 0 unspecified atom stereocenters. The summed E-state index contributed by atoms with van der Waals surface area (Å²) in [4.78, 5) is 120. The van der Waals surface area contributed by atoms with E-state index in [1.165, 1.54) is 60.7 Å². The second-order valence-electron chi connectivity index (χ2n) is 34.6. The number of nitrogens with zero attached hydrogens (tertiary/aromatic N) is 9. The van der Waals surface area contributed by atoms with Gasteiger partial charge in [0.15, 0.2) is 29.3 Å². The zero-order valence-corrected chi connectivity index (χ0v) is 74.1. The highest BCUT2D eigenvalue weighted by atomic mass is 79.9. The van der Waals surface area contributed by atoms with E-state index in [1.807, 2.05) is 104 Å². The molecule has 0 aliphatic carbocycles. The highest BCUT2D eigenvalue weighted by molar-refractivity contribution is 9.10. The summed E-state index contributed by atoms with van der Waals surface area (Å²) in [5.74, 6) is -3.79. The number of halogens is 7. The molecule has 12 rings (SSSR count). The summed E-state index contributed by atoms with van der Waals surface area (Å²) in [7, 11) is -0.680. The van der Waals surface area contributed by atoms with Gasteiger partial charge in [-0.3, -0.25) is 19.2 Å². The standard InChI is InChI=1S/C23H33BFNO5.C23H28FN3O3.C19H19FN4O.C17H21BrFNO3.C7H4BrFO2/c1-21(2,3)29-20(28)26-11-10-15(14-26)12-19(27)17-9-8-16(13-18(17)25)24-30-22(4,5)23(6,7)31-24;1-14-10-20(26-15(2)25-14)17-6-7-18(19(24)12-17)21(28)11-16-8-9-27(13-16)22(29)30-23(3,4)5;1-12-7-18(23-13(2)22-12)15-3-4-16(17(20)9-15)19(25)8-14-5-6-24(10-14)11-21;1-17(2,3)23-16(22)20-7-6-11(10-20)8-15(21)13-5-4-12(18)9-14(13)19;8-4-1-2-5(7(10)11)6(9)3-4/h8-9,13,15H,10-12,14H2,1-7H3;6-7,10,12,16H,8-9,11,13H2,1-5H3;3-4,7,9,14H,5-6,8,10H2,1-2H3;4-5,9,11H,6-8,10H2,1-3H3;1-3H,(H,10,11)/t15-;16-;14-;11-;/m0000./s1. The molecule has 3 amide bonds. The van der Waals surface area contributed by atoms with Crippen molar-refractivity contribution in [3.63, 3.8) is 0 Å². The van der Waals surface area contributed by atoms with Crippen molar-refractivity contribution in [1.82, 2.24) is 39.5 Å². The highest BCUT2D eigenvalue weighted by Gasteiger charge is 2.52. The van der Waals surface area contributed by atoms with E-state index in [0.717, 1.165) is 30.3 Å². The zero-order chi connectivity index (χ0) is 88.8. The number of hydrogen-bond acceptors (Lipinski definition) is 19. The van der Waals surface area contributed by atoms with Crippen molar-refractivity contribution in [2.75, 3.05) is 52.4 Å². The molecule has 2 aromatic heterocycles. The maximum atomic E-state index is 14.8. The lowest BCUT2D eigenvalue weighted by Gasteiger charge is -2.32. The number of carboxylic acid groups (broad SMARTS) is 1. The fourth-order valence-corrected chi connectivity index (χ4v) is 14.5. The number of likely N-dealkylation sites (tertiary alicyclic amines) is 4. The molecule has 5 aliphatic rings. The number of carbonyl (C=O) groups excluding carboxylic acids is 7. The van der Waals surface area contributed by atoms with Crippen molar-refractivity contribution in [3.8, 4) is 28.7 Å². The normalized spacial score (nSPS) is 17.8. The number of hydrogen-bond donors (Lipinski definition) is 1. The molecular formula is C89H105BBr2F5N9O14. The number of aryl methyl sites for hydroxylation is 4. The van der Waals surface area contributed by atoms with Crippen LogP contribution in [-0.2, 0) is 23.5 Å². The van der Waals surface area contributed by atoms with Gasteiger partial charge in [0.05, 0.1) is 50.4 Å². The van der Waals surface area contributed by atoms with Crippen LogP contribution in [0.15, 0.2) is 112 Å². The van der Waals surface area contributed by atoms with Gasteiger partial charge in [-0.05, 0) is 257 Å². The molecule has 5 saturated heterocycles. The Kier molecular flexibility index (Phi) is 32.4. The fourth-order valence-electron chi connectivity index (χ4n) is 13.8. The molecule has 0 radical (unpaired) electrons. The van der Waals surface area contributed by atoms with Gasteiger partial charge in [-0.25, -0.2) is 61.1 Å². The molecule has 0 spiro atoms. The summed E-state index contributed by atoms with van der Waals surface area (Å²) in [5, 5.41) is 17.3. The van der Waals surface area contributed by atoms with Gasteiger partial charge >= 0.3 is 31.4 Å². The Morgan fingerprint density at radius 3 is 1.07 bits per heavy atom. The van der Waals surface area contributed by atoms with E-state index in [2.05, 4.69) is 58.0 Å². The van der Waals surface area contributed by atoms with Gasteiger partial charge in [-0.2, -0.15) is 5.26 Å². The Morgan fingerprint density at radius 1 is 0.458 bits per heavy atom. The van der Waals surface area contributed by atoms with Gasteiger partial charge in [-0.1, -0.05) is 50.1 Å². The molecule has 0 bridgehead atoms. The average molecular weight is 1790 g/mol. The number of amides is 3. The Balaban J connectivity index is 0.000000192. The smallest absolute Gasteiger partial charge is 0.478 e. The average Bonchev–Trinajstić information content (AvgIpc) is 1.61. The first-order valence-electron chi connectivity index (χ1n) is 39.7. The summed E-state index contributed by atoms with van der Waals surface area (Å²) < 4.78 is 99.6. The largest absolute Gasteiger partial charge is 0.494 e. The second kappa shape index (κ2) is 40.7. The van der Waals surface area contributed by atoms with Gasteiger partial charge in [0.1, 0.15) is 57.5 Å². The molecular weight excluding hydrogens is 1680 g/mol. The van der Waals surface area contributed by atoms with Crippen molar-refractivity contribution >= 4 is 91.8 Å². The summed E-state index contributed by atoms with van der Waals surface area (Å²) in [6.07, 6.45) is 4.77. The van der Waals surface area contributed by atoms with Gasteiger partial charge in [-0.15, -0.1) is 0 Å². The number of benzene rings is 5. The minimum atomic E-state index is -1.25. The Bertz CT molecular complexity index is 4940. The van der Waals surface area contributed by atoms with E-state index in [9.17, 15) is 60.3 Å². The number of carbonyl (C=O) groups is 8. The van der Waals surface area contributed by atoms with Crippen LogP contribution in [0.1, 0.15) is 216 Å². The highest BCUT2D eigenvalue weighted by Crippen LogP contribution is 2.38. The lowest BCUT2D eigenvalue weighted by molar-refractivity contribution is 0.00578. The molecule has 0 saturated carbocycles. The van der Waals surface area contributed by atoms with Crippen molar-refractivity contribution in [1.29, 1.82) is 5.26 Å². The lowest BCUT2D eigenvalue weighted by atomic mass is 9.78. The van der Waals surface area contributed by atoms with Crippen LogP contribution < -0.4 is 5.46 Å². The predicted molar refractivity (Wildman–Crippen MR) is 450 cm³/mol. The first-order valence-corrected chi connectivity index (χ1v) is 41.3. The van der Waals surface area contributed by atoms with Crippen molar-refractivity contribution < 1.29 is 88.9 Å². The monoisotopic (exact) mass is 1790 g/mol. The van der Waals surface area contributed by atoms with Crippen LogP contribution in [0.5, 0.6) is 0 Å². The van der Waals surface area contributed by atoms with Crippen molar-refractivity contribution in [2.45, 2.75) is 197 Å². The molecule has 5 aliphatic heterocycles. The number of rotatable bonds is 16. The van der Waals surface area contributed by atoms with Crippen LogP contribution in [0.2, 0.25) is 0 Å². The third kappa shape index (κ3) is 27.8. The fraction of sp³-hybridized carbons (Fsp3) is 0.472. The van der Waals surface area contributed by atoms with E-state index >= 15 is 0 Å². The summed E-state index contributed by atoms with van der Waals surface area (Å²) in [6.45, 7) is 35.6. The third-order valence-corrected chi connectivity index (χ3v) is 21.4. The minimum absolute atomic E-state index is 0.00346. The number of aromatic carboxylic acids is 1. The lowest BCUT2D eigenvalue weighted by Crippen LogP contribution is -2.41. The van der Waals surface area contributed by atoms with Gasteiger partial charge in [0.25, 0.3) is 0 Å². The molecule has 1 N–H and O–H groups in total. The van der Waals surface area contributed by atoms with Gasteiger partial charge < -0.3 is 48.2 Å². The summed E-state index contributed by atoms with van der Waals surface area (Å²) >= 11 is 6.18. The van der Waals surface area contributed by atoms with E-state index in [1.54, 1.807) is 69.8 Å². The molecule has 5 fully saturated rings. The Morgan fingerprint density at radius 2 is 0.767 bits per heavy atom. The summed E-state index contributed by atoms with van der Waals surface area (Å²) in [5.41, 5.74) is 1.96. The molecule has 7 heterocycles. The maximum absolute atomic E-state index is 14.8. The second-order valence-corrected chi connectivity index (χ2v) is 36.4. The van der Waals surface area contributed by atoms with Crippen LogP contribution in [0, 0.1) is 91.9 Å². The number of nitriles is 1. The van der Waals surface area contributed by atoms with Crippen LogP contribution in [0.4, 0.5) is 36.3 Å². The first-order chi connectivity index (χ1) is 55.9. The predicted octanol–water partition coefficient (Wildman–Crippen LogP) is 18.7. The minimum Gasteiger partial charge on any atom is -0.478 e. The maximum Gasteiger partial charge on any atom is 0.494 e. The molecule has 5 aromatic carbocycles. The van der Waals surface area contributed by atoms with E-state index < -0.39 is 70.2 Å². The Labute approximate surface area is 715 Å². The molecule has 7 aromatic rings. The SMILES string of the molecule is CC(C)(C)OC(=O)N1CC[C@@H](CC(=O)c2ccc(B3OC(C)(C)C(C)(C)O3)cc2F)C1.CC(C)(C)OC(=O)N1CC[C@@H](CC(=O)c2ccc(Br)cc2F)C1.Cc1cc(-c2ccc(C(=O)C[C@@H]3CCN(C#N)C3)c(F)c2)nc(C)n1.Cc1cc(-c2ccc(C(=O)C[C@@H]3CCN(C(=O)OC(C)(C)C)C3)c(F)c2)nc(C)n1.O=C(O)c1ccc(Br)cc1F. The quantitative estimate of drug-likeness (QED) is 0.0309. The van der Waals surface area contributed by atoms with Crippen LogP contribution in [-0.4, -0.2) is 180 Å². The first kappa shape index (κ1) is 95.6. The molecule has 4 atom stereocenters. The van der Waals surface area contributed by atoms with E-state index in [0.29, 0.717) is 114 Å². The van der Waals surface area contributed by atoms with Gasteiger partial charge in [0, 0.05) is 110 Å². The third-order valence-electron chi connectivity index (χ3n) is 20.4. The van der Waals surface area contributed by atoms with E-state index in [4.69, 9.17) is 33.9 Å². The topological polar surface area (TPSA) is 291 Å². The summed E-state index contributed by atoms with van der Waals surface area (Å²) in [6, 6.07) is 25.5. The zero-order valence-electron chi connectivity index (χ0n) is 70.9. The number of Topliss-reactive ketones (excluding diaryl/α,β-unsaturated/α-hetero) is 4. The molecule has 31 heteroatoms. The van der Waals surface area contributed by atoms with Crippen LogP contribution >= 0.6 is 31.9 Å². The van der Waals surface area contributed by atoms with Gasteiger partial charge in [0.2, 0.25) is 0 Å². The van der Waals surface area contributed by atoms with E-state index in [-0.39, 0.29) is 119 Å².